The van der Waals surface area contributed by atoms with Gasteiger partial charge in [-0.1, -0.05) is 0 Å². The number of primary amides is 1. The summed E-state index contributed by atoms with van der Waals surface area (Å²) in [5.41, 5.74) is 11.9. The Morgan fingerprint density at radius 3 is 2.57 bits per heavy atom. The molecule has 1 aliphatic heterocycles. The van der Waals surface area contributed by atoms with Gasteiger partial charge in [0.15, 0.2) is 0 Å². The van der Waals surface area contributed by atoms with E-state index in [2.05, 4.69) is 4.90 Å². The monoisotopic (exact) mass is 293 g/mol. The Hall–Kier alpha value is -1.98. The van der Waals surface area contributed by atoms with E-state index in [1.807, 2.05) is 0 Å². The molecule has 1 aliphatic carbocycles. The van der Waals surface area contributed by atoms with Gasteiger partial charge in [-0.15, -0.1) is 0 Å². The Balaban J connectivity index is 1.58. The molecule has 21 heavy (non-hydrogen) atoms. The maximum absolute atomic E-state index is 13.9. The van der Waals surface area contributed by atoms with Gasteiger partial charge in [-0.25, -0.2) is 9.18 Å². The highest BCUT2D eigenvalue weighted by molar-refractivity contribution is 5.65. The number of hydrogen-bond acceptors (Lipinski definition) is 4. The fourth-order valence-corrected chi connectivity index (χ4v) is 3.56. The standard InChI is InChI=1S/C15H20FN3O2/c16-12-7-10(17)1-2-13(12)19-5-3-15(4-6-19)8-11(9-15)21-14(18)20/h1-2,7,11H,3-6,8-9,17H2,(H2,18,20). The van der Waals surface area contributed by atoms with Crippen molar-refractivity contribution in [3.05, 3.63) is 24.0 Å². The largest absolute Gasteiger partial charge is 0.446 e. The Labute approximate surface area is 123 Å². The molecule has 0 atom stereocenters. The van der Waals surface area contributed by atoms with Crippen LogP contribution in [0.15, 0.2) is 18.2 Å². The molecule has 1 aromatic carbocycles. The van der Waals surface area contributed by atoms with E-state index in [1.54, 1.807) is 12.1 Å². The van der Waals surface area contributed by atoms with Gasteiger partial charge in [0.1, 0.15) is 11.9 Å². The van der Waals surface area contributed by atoms with Gasteiger partial charge in [0.05, 0.1) is 5.69 Å². The number of rotatable bonds is 2. The zero-order valence-corrected chi connectivity index (χ0v) is 11.8. The molecular weight excluding hydrogens is 273 g/mol. The molecule has 2 aliphatic rings. The Morgan fingerprint density at radius 2 is 2.00 bits per heavy atom. The lowest BCUT2D eigenvalue weighted by atomic mass is 9.61. The molecule has 2 fully saturated rings. The molecule has 5 nitrogen and oxygen atoms in total. The van der Waals surface area contributed by atoms with Crippen molar-refractivity contribution in [2.24, 2.45) is 11.1 Å². The predicted molar refractivity (Wildman–Crippen MR) is 78.4 cm³/mol. The summed E-state index contributed by atoms with van der Waals surface area (Å²) in [7, 11) is 0. The summed E-state index contributed by atoms with van der Waals surface area (Å²) >= 11 is 0. The van der Waals surface area contributed by atoms with Crippen molar-refractivity contribution in [2.75, 3.05) is 23.7 Å². The summed E-state index contributed by atoms with van der Waals surface area (Å²) < 4.78 is 18.9. The van der Waals surface area contributed by atoms with Crippen LogP contribution in [0.2, 0.25) is 0 Å². The van der Waals surface area contributed by atoms with Gasteiger partial charge in [0.25, 0.3) is 0 Å². The van der Waals surface area contributed by atoms with Crippen LogP contribution in [0, 0.1) is 11.2 Å². The maximum Gasteiger partial charge on any atom is 0.404 e. The van der Waals surface area contributed by atoms with Crippen LogP contribution < -0.4 is 16.4 Å². The van der Waals surface area contributed by atoms with Gasteiger partial charge in [-0.2, -0.15) is 0 Å². The zero-order valence-electron chi connectivity index (χ0n) is 11.8. The van der Waals surface area contributed by atoms with Crippen molar-refractivity contribution >= 4 is 17.5 Å². The van der Waals surface area contributed by atoms with E-state index in [0.717, 1.165) is 38.8 Å². The lowest BCUT2D eigenvalue weighted by Gasteiger charge is -2.51. The van der Waals surface area contributed by atoms with Gasteiger partial charge in [0.2, 0.25) is 0 Å². The molecule has 3 rings (SSSR count). The van der Waals surface area contributed by atoms with E-state index in [0.29, 0.717) is 11.4 Å². The number of nitrogen functional groups attached to an aromatic ring is 1. The van der Waals surface area contributed by atoms with E-state index < -0.39 is 6.09 Å². The van der Waals surface area contributed by atoms with Crippen molar-refractivity contribution in [1.29, 1.82) is 0 Å². The van der Waals surface area contributed by atoms with Crippen LogP contribution in [-0.4, -0.2) is 25.3 Å². The molecule has 1 saturated heterocycles. The van der Waals surface area contributed by atoms with Crippen LogP contribution in [0.1, 0.15) is 25.7 Å². The summed E-state index contributed by atoms with van der Waals surface area (Å²) in [6.07, 6.45) is 2.96. The summed E-state index contributed by atoms with van der Waals surface area (Å²) in [5.74, 6) is -0.269. The van der Waals surface area contributed by atoms with Crippen LogP contribution in [0.5, 0.6) is 0 Å². The van der Waals surface area contributed by atoms with Gasteiger partial charge in [-0.05, 0) is 49.3 Å². The van der Waals surface area contributed by atoms with Crippen molar-refractivity contribution in [3.63, 3.8) is 0 Å². The molecule has 1 amide bonds. The van der Waals surface area contributed by atoms with E-state index in [9.17, 15) is 9.18 Å². The highest BCUT2D eigenvalue weighted by Crippen LogP contribution is 2.50. The molecular formula is C15H20FN3O2. The number of carbonyl (C=O) groups excluding carboxylic acids is 1. The van der Waals surface area contributed by atoms with Crippen molar-refractivity contribution in [2.45, 2.75) is 31.8 Å². The minimum atomic E-state index is -0.698. The van der Waals surface area contributed by atoms with Gasteiger partial charge in [-0.3, -0.25) is 0 Å². The summed E-state index contributed by atoms with van der Waals surface area (Å²) in [4.78, 5) is 12.8. The molecule has 1 heterocycles. The van der Waals surface area contributed by atoms with Crippen LogP contribution >= 0.6 is 0 Å². The molecule has 4 N–H and O–H groups in total. The average Bonchev–Trinajstić information content (AvgIpc) is 2.38. The number of benzene rings is 1. The maximum atomic E-state index is 13.9. The topological polar surface area (TPSA) is 81.6 Å². The molecule has 0 bridgehead atoms. The third-order valence-electron chi connectivity index (χ3n) is 4.74. The molecule has 6 heteroatoms. The molecule has 1 aromatic rings. The number of nitrogens with two attached hydrogens (primary N) is 2. The summed E-state index contributed by atoms with van der Waals surface area (Å²) in [6, 6.07) is 4.82. The predicted octanol–water partition coefficient (Wildman–Crippen LogP) is 2.25. The third kappa shape index (κ3) is 2.75. The number of amides is 1. The normalized spacial score (nSPS) is 21.1. The Kier molecular flexibility index (Phi) is 3.39. The molecule has 0 radical (unpaired) electrons. The second-order valence-electron chi connectivity index (χ2n) is 6.17. The molecule has 114 valence electrons. The minimum Gasteiger partial charge on any atom is -0.446 e. The SMILES string of the molecule is NC(=O)OC1CC2(CCN(c3ccc(N)cc3F)CC2)C1. The molecule has 0 aromatic heterocycles. The Morgan fingerprint density at radius 1 is 1.33 bits per heavy atom. The summed E-state index contributed by atoms with van der Waals surface area (Å²) in [6.45, 7) is 1.62. The van der Waals surface area contributed by atoms with Gasteiger partial charge in [0, 0.05) is 18.8 Å². The van der Waals surface area contributed by atoms with Crippen LogP contribution in [0.4, 0.5) is 20.6 Å². The van der Waals surface area contributed by atoms with Crippen LogP contribution in [0.25, 0.3) is 0 Å². The van der Waals surface area contributed by atoms with E-state index in [4.69, 9.17) is 16.2 Å². The smallest absolute Gasteiger partial charge is 0.404 e. The van der Waals surface area contributed by atoms with Crippen molar-refractivity contribution in [3.8, 4) is 0 Å². The van der Waals surface area contributed by atoms with Crippen LogP contribution in [-0.2, 0) is 4.74 Å². The third-order valence-corrected chi connectivity index (χ3v) is 4.74. The second kappa shape index (κ2) is 5.09. The minimum absolute atomic E-state index is 0.0395. The van der Waals surface area contributed by atoms with E-state index >= 15 is 0 Å². The first-order valence-electron chi connectivity index (χ1n) is 7.24. The fourth-order valence-electron chi connectivity index (χ4n) is 3.56. The first-order chi connectivity index (χ1) is 9.97. The lowest BCUT2D eigenvalue weighted by molar-refractivity contribution is -0.0522. The number of nitrogens with zero attached hydrogens (tertiary/aromatic N) is 1. The first kappa shape index (κ1) is 14.0. The van der Waals surface area contributed by atoms with Gasteiger partial charge >= 0.3 is 6.09 Å². The number of hydrogen-bond donors (Lipinski definition) is 2. The lowest BCUT2D eigenvalue weighted by Crippen LogP contribution is -2.50. The molecule has 1 spiro atoms. The fraction of sp³-hybridized carbons (Fsp3) is 0.533. The van der Waals surface area contributed by atoms with Gasteiger partial charge < -0.3 is 21.1 Å². The number of carbonyl (C=O) groups is 1. The summed E-state index contributed by atoms with van der Waals surface area (Å²) in [5, 5.41) is 0. The quantitative estimate of drug-likeness (QED) is 0.819. The molecule has 1 saturated carbocycles. The van der Waals surface area contributed by atoms with Crippen LogP contribution in [0.3, 0.4) is 0 Å². The number of piperidine rings is 1. The van der Waals surface area contributed by atoms with E-state index in [1.165, 1.54) is 6.07 Å². The van der Waals surface area contributed by atoms with Crippen molar-refractivity contribution < 1.29 is 13.9 Å². The molecule has 0 unspecified atom stereocenters. The number of halogens is 1. The van der Waals surface area contributed by atoms with E-state index in [-0.39, 0.29) is 17.3 Å². The first-order valence-corrected chi connectivity index (χ1v) is 7.24. The Bertz CT molecular complexity index is 548. The van der Waals surface area contributed by atoms with Crippen molar-refractivity contribution in [1.82, 2.24) is 0 Å². The highest BCUT2D eigenvalue weighted by atomic mass is 19.1. The highest BCUT2D eigenvalue weighted by Gasteiger charge is 2.47. The number of ether oxygens (including phenoxy) is 1. The zero-order chi connectivity index (χ0) is 15.0. The second-order valence-corrected chi connectivity index (χ2v) is 6.17. The number of anilines is 2. The average molecular weight is 293 g/mol.